The van der Waals surface area contributed by atoms with E-state index in [0.717, 1.165) is 29.7 Å². The lowest BCUT2D eigenvalue weighted by Crippen LogP contribution is -2.48. The molecule has 1 heterocycles. The Morgan fingerprint density at radius 2 is 1.83 bits per heavy atom. The maximum atomic E-state index is 12.9. The van der Waals surface area contributed by atoms with E-state index in [1.165, 1.54) is 23.1 Å². The molecule has 1 atom stereocenters. The molecule has 158 valence electrons. The first kappa shape index (κ1) is 21.3. The molecule has 0 aromatic heterocycles. The highest BCUT2D eigenvalue weighted by atomic mass is 16.6. The Morgan fingerprint density at radius 3 is 2.40 bits per heavy atom. The number of anilines is 2. The Bertz CT molecular complexity index is 966. The summed E-state index contributed by atoms with van der Waals surface area (Å²) in [5.74, 6) is -0.406. The lowest BCUT2D eigenvalue weighted by atomic mass is 10.0. The molecule has 8 heteroatoms. The van der Waals surface area contributed by atoms with E-state index in [2.05, 4.69) is 5.32 Å². The van der Waals surface area contributed by atoms with Crippen LogP contribution in [0.4, 0.5) is 17.1 Å². The van der Waals surface area contributed by atoms with Crippen LogP contribution < -0.4 is 15.0 Å². The molecule has 0 aliphatic carbocycles. The average molecular weight is 411 g/mol. The molecular weight excluding hydrogens is 386 g/mol. The highest BCUT2D eigenvalue weighted by Gasteiger charge is 2.35. The smallest absolute Gasteiger partial charge is 0.271 e. The van der Waals surface area contributed by atoms with Crippen LogP contribution in [0.5, 0.6) is 5.75 Å². The zero-order valence-electron chi connectivity index (χ0n) is 17.3. The van der Waals surface area contributed by atoms with Gasteiger partial charge >= 0.3 is 0 Å². The van der Waals surface area contributed by atoms with Crippen molar-refractivity contribution in [3.63, 3.8) is 0 Å². The molecule has 2 aromatic rings. The number of carbonyl (C=O) groups is 2. The molecule has 30 heavy (non-hydrogen) atoms. The summed E-state index contributed by atoms with van der Waals surface area (Å²) in [6.45, 7) is 5.57. The van der Waals surface area contributed by atoms with Crippen LogP contribution in [0, 0.1) is 10.1 Å². The van der Waals surface area contributed by atoms with E-state index in [1.807, 2.05) is 39.0 Å². The van der Waals surface area contributed by atoms with Crippen LogP contribution in [0.2, 0.25) is 0 Å². The number of hydrogen-bond donors (Lipinski definition) is 1. The van der Waals surface area contributed by atoms with Crippen molar-refractivity contribution in [2.45, 2.75) is 46.1 Å². The van der Waals surface area contributed by atoms with Crippen molar-refractivity contribution in [2.75, 3.05) is 16.8 Å². The summed E-state index contributed by atoms with van der Waals surface area (Å²) in [7, 11) is 0. The Balaban J connectivity index is 1.92. The second kappa shape index (κ2) is 8.94. The van der Waals surface area contributed by atoms with Crippen LogP contribution in [0.25, 0.3) is 0 Å². The van der Waals surface area contributed by atoms with Gasteiger partial charge in [-0.1, -0.05) is 39.0 Å². The maximum absolute atomic E-state index is 12.9. The Morgan fingerprint density at radius 1 is 1.17 bits per heavy atom. The average Bonchev–Trinajstić information content (AvgIpc) is 2.75. The standard InChI is InChI=1S/C22H25N3O5/c1-4-14-8-7-9-15(5-2)21(14)23-20(26)13-24-17-12-16(25(28)29)10-11-19(17)30-18(6-3)22(24)27/h7-12,18H,4-6,13H2,1-3H3,(H,23,26). The van der Waals surface area contributed by atoms with Gasteiger partial charge in [-0.2, -0.15) is 0 Å². The number of non-ortho nitro benzene ring substituents is 1. The molecule has 0 bridgehead atoms. The third-order valence-electron chi connectivity index (χ3n) is 5.19. The molecule has 1 N–H and O–H groups in total. The number of amides is 2. The van der Waals surface area contributed by atoms with Gasteiger partial charge in [-0.25, -0.2) is 0 Å². The number of nitro benzene ring substituents is 1. The zero-order valence-corrected chi connectivity index (χ0v) is 17.3. The number of nitrogens with one attached hydrogen (secondary N) is 1. The van der Waals surface area contributed by atoms with Gasteiger partial charge in [-0.3, -0.25) is 24.6 Å². The van der Waals surface area contributed by atoms with E-state index in [1.54, 1.807) is 0 Å². The monoisotopic (exact) mass is 411 g/mol. The van der Waals surface area contributed by atoms with Crippen LogP contribution in [-0.4, -0.2) is 29.4 Å². The van der Waals surface area contributed by atoms with E-state index >= 15 is 0 Å². The number of rotatable bonds is 7. The second-order valence-electron chi connectivity index (χ2n) is 7.05. The van der Waals surface area contributed by atoms with E-state index in [4.69, 9.17) is 4.74 Å². The molecule has 1 unspecified atom stereocenters. The molecule has 2 amide bonds. The topological polar surface area (TPSA) is 102 Å². The Labute approximate surface area is 175 Å². The Kier molecular flexibility index (Phi) is 6.34. The quantitative estimate of drug-likeness (QED) is 0.551. The number of fused-ring (bicyclic) bond motifs is 1. The molecule has 2 aromatic carbocycles. The summed E-state index contributed by atoms with van der Waals surface area (Å²) in [6, 6.07) is 9.93. The summed E-state index contributed by atoms with van der Waals surface area (Å²) in [6.07, 6.45) is 1.20. The second-order valence-corrected chi connectivity index (χ2v) is 7.05. The summed E-state index contributed by atoms with van der Waals surface area (Å²) in [4.78, 5) is 37.7. The van der Waals surface area contributed by atoms with Crippen molar-refractivity contribution in [3.05, 3.63) is 57.6 Å². The lowest BCUT2D eigenvalue weighted by molar-refractivity contribution is -0.384. The van der Waals surface area contributed by atoms with Gasteiger partial charge in [-0.05, 0) is 36.5 Å². The summed E-state index contributed by atoms with van der Waals surface area (Å²) < 4.78 is 5.69. The number of aryl methyl sites for hydroxylation is 2. The molecular formula is C22H25N3O5. The lowest BCUT2D eigenvalue weighted by Gasteiger charge is -2.33. The first-order chi connectivity index (χ1) is 14.4. The van der Waals surface area contributed by atoms with Gasteiger partial charge in [0.2, 0.25) is 5.91 Å². The predicted molar refractivity (Wildman–Crippen MR) is 114 cm³/mol. The minimum absolute atomic E-state index is 0.171. The number of para-hydroxylation sites is 1. The fourth-order valence-corrected chi connectivity index (χ4v) is 3.57. The normalized spacial score (nSPS) is 15.4. The van der Waals surface area contributed by atoms with Crippen LogP contribution in [0.1, 0.15) is 38.3 Å². The van der Waals surface area contributed by atoms with Crippen molar-refractivity contribution in [1.82, 2.24) is 0 Å². The van der Waals surface area contributed by atoms with E-state index in [-0.39, 0.29) is 29.7 Å². The number of carbonyl (C=O) groups excluding carboxylic acids is 2. The number of ether oxygens (including phenoxy) is 1. The van der Waals surface area contributed by atoms with Crippen LogP contribution in [0.15, 0.2) is 36.4 Å². The number of hydrogen-bond acceptors (Lipinski definition) is 5. The molecule has 0 spiro atoms. The molecule has 1 aliphatic heterocycles. The van der Waals surface area contributed by atoms with E-state index in [9.17, 15) is 19.7 Å². The van der Waals surface area contributed by atoms with Gasteiger partial charge < -0.3 is 10.1 Å². The maximum Gasteiger partial charge on any atom is 0.271 e. The fraction of sp³-hybridized carbons (Fsp3) is 0.364. The van der Waals surface area contributed by atoms with Crippen LogP contribution in [0.3, 0.4) is 0 Å². The van der Waals surface area contributed by atoms with Crippen molar-refractivity contribution < 1.29 is 19.2 Å². The van der Waals surface area contributed by atoms with Gasteiger partial charge in [0, 0.05) is 17.8 Å². The summed E-state index contributed by atoms with van der Waals surface area (Å²) in [5, 5.41) is 14.1. The van der Waals surface area contributed by atoms with Gasteiger partial charge in [0.15, 0.2) is 6.10 Å². The summed E-state index contributed by atoms with van der Waals surface area (Å²) in [5.41, 5.74) is 2.85. The molecule has 8 nitrogen and oxygen atoms in total. The molecule has 0 radical (unpaired) electrons. The minimum Gasteiger partial charge on any atom is -0.478 e. The van der Waals surface area contributed by atoms with Gasteiger partial charge in [0.05, 0.1) is 10.6 Å². The van der Waals surface area contributed by atoms with Gasteiger partial charge in [0.1, 0.15) is 12.3 Å². The molecule has 0 saturated heterocycles. The van der Waals surface area contributed by atoms with Crippen LogP contribution >= 0.6 is 0 Å². The van der Waals surface area contributed by atoms with Crippen molar-refractivity contribution in [1.29, 1.82) is 0 Å². The predicted octanol–water partition coefficient (Wildman–Crippen LogP) is 3.86. The Hall–Kier alpha value is -3.42. The van der Waals surface area contributed by atoms with Gasteiger partial charge in [-0.15, -0.1) is 0 Å². The van der Waals surface area contributed by atoms with E-state index in [0.29, 0.717) is 12.2 Å². The highest BCUT2D eigenvalue weighted by Crippen LogP contribution is 2.37. The number of nitro groups is 1. The van der Waals surface area contributed by atoms with E-state index < -0.39 is 11.0 Å². The van der Waals surface area contributed by atoms with Crippen LogP contribution in [-0.2, 0) is 22.4 Å². The SMILES string of the molecule is CCc1cccc(CC)c1NC(=O)CN1C(=O)C(CC)Oc2ccc([N+](=O)[O-])cc21. The van der Waals surface area contributed by atoms with Crippen molar-refractivity contribution >= 4 is 28.9 Å². The third kappa shape index (κ3) is 4.12. The molecule has 0 saturated carbocycles. The molecule has 3 rings (SSSR count). The first-order valence-electron chi connectivity index (χ1n) is 10.1. The molecule has 1 aliphatic rings. The number of nitrogens with zero attached hydrogens (tertiary/aromatic N) is 2. The van der Waals surface area contributed by atoms with Gasteiger partial charge in [0.25, 0.3) is 11.6 Å². The third-order valence-corrected chi connectivity index (χ3v) is 5.19. The minimum atomic E-state index is -0.735. The van der Waals surface area contributed by atoms with Crippen molar-refractivity contribution in [3.8, 4) is 5.75 Å². The highest BCUT2D eigenvalue weighted by molar-refractivity contribution is 6.06. The number of benzene rings is 2. The fourth-order valence-electron chi connectivity index (χ4n) is 3.57. The largest absolute Gasteiger partial charge is 0.478 e. The van der Waals surface area contributed by atoms with Crippen molar-refractivity contribution in [2.24, 2.45) is 0 Å². The summed E-state index contributed by atoms with van der Waals surface area (Å²) >= 11 is 0. The first-order valence-corrected chi connectivity index (χ1v) is 10.1. The molecule has 0 fully saturated rings. The zero-order chi connectivity index (χ0) is 21.8.